The summed E-state index contributed by atoms with van der Waals surface area (Å²) in [6, 6.07) is 0.614. The van der Waals surface area contributed by atoms with Crippen LogP contribution in [0.1, 0.15) is 52.4 Å². The minimum atomic E-state index is 0.354. The van der Waals surface area contributed by atoms with Gasteiger partial charge in [-0.1, -0.05) is 32.6 Å². The lowest BCUT2D eigenvalue weighted by molar-refractivity contribution is -0.137. The first-order valence-electron chi connectivity index (χ1n) is 6.75. The molecule has 0 aromatic carbocycles. The number of ether oxygens (including phenoxy) is 2. The molecule has 0 aromatic heterocycles. The predicted octanol–water partition coefficient (Wildman–Crippen LogP) is 2.70. The number of nitrogens with one attached hydrogen (secondary N) is 1. The molecule has 1 aliphatic heterocycles. The standard InChI is InChI=1S/C13H27NO2/c1-3-4-5-6-7-12(2)14-10-13-8-9-15-11-16-13/h12-14H,3-11H2,1-2H3. The SMILES string of the molecule is CCCCCCC(C)NCC1CCOCO1. The Bertz CT molecular complexity index is 158. The Labute approximate surface area is 99.9 Å². The first-order chi connectivity index (χ1) is 7.83. The quantitative estimate of drug-likeness (QED) is 0.649. The molecule has 0 radical (unpaired) electrons. The molecule has 3 nitrogen and oxygen atoms in total. The van der Waals surface area contributed by atoms with Gasteiger partial charge in [0.25, 0.3) is 0 Å². The molecular formula is C13H27NO2. The van der Waals surface area contributed by atoms with Crippen molar-refractivity contribution >= 4 is 0 Å². The molecule has 1 saturated heterocycles. The van der Waals surface area contributed by atoms with Gasteiger partial charge in [-0.2, -0.15) is 0 Å². The van der Waals surface area contributed by atoms with Crippen molar-refractivity contribution in [2.24, 2.45) is 0 Å². The molecule has 0 aromatic rings. The second-order valence-electron chi connectivity index (χ2n) is 4.76. The van der Waals surface area contributed by atoms with E-state index in [9.17, 15) is 0 Å². The molecule has 96 valence electrons. The van der Waals surface area contributed by atoms with Gasteiger partial charge >= 0.3 is 0 Å². The van der Waals surface area contributed by atoms with Crippen LogP contribution in [0.5, 0.6) is 0 Å². The average Bonchev–Trinajstić information content (AvgIpc) is 2.33. The van der Waals surface area contributed by atoms with E-state index in [1.807, 2.05) is 0 Å². The smallest absolute Gasteiger partial charge is 0.147 e. The van der Waals surface area contributed by atoms with Crippen molar-refractivity contribution in [1.29, 1.82) is 0 Å². The molecule has 2 unspecified atom stereocenters. The summed E-state index contributed by atoms with van der Waals surface area (Å²) in [6.07, 6.45) is 8.06. The molecule has 1 fully saturated rings. The Balaban J connectivity index is 1.94. The molecule has 1 N–H and O–H groups in total. The molecule has 0 bridgehead atoms. The van der Waals surface area contributed by atoms with Gasteiger partial charge in [0.05, 0.1) is 12.7 Å². The summed E-state index contributed by atoms with van der Waals surface area (Å²) in [4.78, 5) is 0. The maximum atomic E-state index is 5.49. The fourth-order valence-corrected chi connectivity index (χ4v) is 1.97. The number of hydrogen-bond acceptors (Lipinski definition) is 3. The molecule has 1 aliphatic rings. The highest BCUT2D eigenvalue weighted by Crippen LogP contribution is 2.07. The third-order valence-corrected chi connectivity index (χ3v) is 3.16. The second-order valence-corrected chi connectivity index (χ2v) is 4.76. The summed E-state index contributed by atoms with van der Waals surface area (Å²) in [7, 11) is 0. The van der Waals surface area contributed by atoms with Gasteiger partial charge in [-0.05, 0) is 19.8 Å². The fourth-order valence-electron chi connectivity index (χ4n) is 1.97. The van der Waals surface area contributed by atoms with Gasteiger partial charge in [-0.3, -0.25) is 0 Å². The van der Waals surface area contributed by atoms with E-state index >= 15 is 0 Å². The first kappa shape index (κ1) is 13.9. The van der Waals surface area contributed by atoms with Crippen molar-refractivity contribution in [3.05, 3.63) is 0 Å². The van der Waals surface area contributed by atoms with Crippen LogP contribution in [0.2, 0.25) is 0 Å². The van der Waals surface area contributed by atoms with E-state index in [1.54, 1.807) is 0 Å². The van der Waals surface area contributed by atoms with E-state index in [4.69, 9.17) is 9.47 Å². The summed E-state index contributed by atoms with van der Waals surface area (Å²) in [5.74, 6) is 0. The molecule has 0 amide bonds. The van der Waals surface area contributed by atoms with Crippen LogP contribution >= 0.6 is 0 Å². The van der Waals surface area contributed by atoms with Crippen molar-refractivity contribution in [3.63, 3.8) is 0 Å². The lowest BCUT2D eigenvalue weighted by Gasteiger charge is -2.24. The maximum absolute atomic E-state index is 5.49. The molecule has 0 aliphatic carbocycles. The monoisotopic (exact) mass is 229 g/mol. The number of hydrogen-bond donors (Lipinski definition) is 1. The van der Waals surface area contributed by atoms with E-state index in [-0.39, 0.29) is 0 Å². The van der Waals surface area contributed by atoms with Crippen LogP contribution in [-0.2, 0) is 9.47 Å². The van der Waals surface area contributed by atoms with Crippen molar-refractivity contribution in [1.82, 2.24) is 5.32 Å². The first-order valence-corrected chi connectivity index (χ1v) is 6.75. The van der Waals surface area contributed by atoms with E-state index < -0.39 is 0 Å². The number of rotatable bonds is 8. The summed E-state index contributed by atoms with van der Waals surface area (Å²) in [6.45, 7) is 6.81. The molecule has 1 heterocycles. The van der Waals surface area contributed by atoms with Gasteiger partial charge in [0.1, 0.15) is 6.79 Å². The van der Waals surface area contributed by atoms with Crippen LogP contribution < -0.4 is 5.32 Å². The zero-order valence-corrected chi connectivity index (χ0v) is 10.8. The summed E-state index contributed by atoms with van der Waals surface area (Å²) < 4.78 is 10.6. The topological polar surface area (TPSA) is 30.5 Å². The molecule has 2 atom stereocenters. The largest absolute Gasteiger partial charge is 0.355 e. The van der Waals surface area contributed by atoms with Crippen molar-refractivity contribution < 1.29 is 9.47 Å². The molecule has 16 heavy (non-hydrogen) atoms. The third kappa shape index (κ3) is 6.46. The minimum absolute atomic E-state index is 0.354. The van der Waals surface area contributed by atoms with E-state index in [0.29, 0.717) is 18.9 Å². The van der Waals surface area contributed by atoms with Gasteiger partial charge in [-0.25, -0.2) is 0 Å². The number of unbranched alkanes of at least 4 members (excludes halogenated alkanes) is 3. The van der Waals surface area contributed by atoms with Crippen LogP contribution in [0.3, 0.4) is 0 Å². The highest BCUT2D eigenvalue weighted by Gasteiger charge is 2.14. The second kappa shape index (κ2) is 8.97. The lowest BCUT2D eigenvalue weighted by Crippen LogP contribution is -2.38. The highest BCUT2D eigenvalue weighted by molar-refractivity contribution is 4.68. The summed E-state index contributed by atoms with van der Waals surface area (Å²) in [5, 5.41) is 3.55. The van der Waals surface area contributed by atoms with Crippen molar-refractivity contribution in [2.45, 2.75) is 64.5 Å². The molecule has 0 spiro atoms. The predicted molar refractivity (Wildman–Crippen MR) is 66.5 cm³/mol. The molecule has 0 saturated carbocycles. The Kier molecular flexibility index (Phi) is 7.81. The van der Waals surface area contributed by atoms with E-state index in [0.717, 1.165) is 19.6 Å². The summed E-state index contributed by atoms with van der Waals surface area (Å²) in [5.41, 5.74) is 0. The van der Waals surface area contributed by atoms with Crippen LogP contribution in [0.4, 0.5) is 0 Å². The van der Waals surface area contributed by atoms with Gasteiger partial charge < -0.3 is 14.8 Å². The third-order valence-electron chi connectivity index (χ3n) is 3.16. The average molecular weight is 229 g/mol. The normalized spacial score (nSPS) is 23.2. The van der Waals surface area contributed by atoms with Gasteiger partial charge in [0.15, 0.2) is 0 Å². The van der Waals surface area contributed by atoms with Gasteiger partial charge in [0, 0.05) is 12.6 Å². The summed E-state index contributed by atoms with van der Waals surface area (Å²) >= 11 is 0. The van der Waals surface area contributed by atoms with Crippen LogP contribution in [-0.4, -0.2) is 32.1 Å². The lowest BCUT2D eigenvalue weighted by atomic mass is 10.1. The van der Waals surface area contributed by atoms with Crippen LogP contribution in [0, 0.1) is 0 Å². The molecular weight excluding hydrogens is 202 g/mol. The van der Waals surface area contributed by atoms with E-state index in [2.05, 4.69) is 19.2 Å². The zero-order chi connectivity index (χ0) is 11.6. The van der Waals surface area contributed by atoms with Crippen LogP contribution in [0.15, 0.2) is 0 Å². The fraction of sp³-hybridized carbons (Fsp3) is 1.00. The Morgan fingerprint density at radius 3 is 2.88 bits per heavy atom. The zero-order valence-electron chi connectivity index (χ0n) is 10.8. The van der Waals surface area contributed by atoms with E-state index in [1.165, 1.54) is 32.1 Å². The molecule has 3 heteroatoms. The van der Waals surface area contributed by atoms with Crippen molar-refractivity contribution in [3.8, 4) is 0 Å². The Hall–Kier alpha value is -0.120. The Morgan fingerprint density at radius 1 is 1.31 bits per heavy atom. The van der Waals surface area contributed by atoms with Crippen molar-refractivity contribution in [2.75, 3.05) is 19.9 Å². The van der Waals surface area contributed by atoms with Gasteiger partial charge in [-0.15, -0.1) is 0 Å². The maximum Gasteiger partial charge on any atom is 0.147 e. The molecule has 1 rings (SSSR count). The van der Waals surface area contributed by atoms with Crippen LogP contribution in [0.25, 0.3) is 0 Å². The minimum Gasteiger partial charge on any atom is -0.355 e. The van der Waals surface area contributed by atoms with Gasteiger partial charge in [0.2, 0.25) is 0 Å². The highest BCUT2D eigenvalue weighted by atomic mass is 16.7. The Morgan fingerprint density at radius 2 is 2.19 bits per heavy atom.